The van der Waals surface area contributed by atoms with Crippen LogP contribution in [-0.2, 0) is 4.74 Å². The molecule has 6 rings (SSSR count). The van der Waals surface area contributed by atoms with Gasteiger partial charge in [-0.2, -0.15) is 0 Å². The second-order valence-electron chi connectivity index (χ2n) is 10.6. The van der Waals surface area contributed by atoms with Gasteiger partial charge >= 0.3 is 0 Å². The van der Waals surface area contributed by atoms with Crippen LogP contribution < -0.4 is 15.5 Å². The van der Waals surface area contributed by atoms with Crippen LogP contribution in [0.15, 0.2) is 91.6 Å². The SMILES string of the molecule is C=CCOC1CCN(c2ccc(C(=O)Nc3ccc4c(ccn4-c4ccc(C(=O)NC5CC5)cc4)c3)cc2)CC1. The van der Waals surface area contributed by atoms with Crippen LogP contribution >= 0.6 is 0 Å². The summed E-state index contributed by atoms with van der Waals surface area (Å²) >= 11 is 0. The molecule has 1 aromatic heterocycles. The van der Waals surface area contributed by atoms with Gasteiger partial charge in [-0.3, -0.25) is 9.59 Å². The lowest BCUT2D eigenvalue weighted by atomic mass is 10.1. The Morgan fingerprint density at radius 3 is 2.20 bits per heavy atom. The van der Waals surface area contributed by atoms with Gasteiger partial charge in [0, 0.05) is 58.9 Å². The molecule has 0 radical (unpaired) electrons. The number of benzene rings is 3. The first kappa shape index (κ1) is 25.9. The summed E-state index contributed by atoms with van der Waals surface area (Å²) in [6.07, 6.45) is 8.21. The molecule has 204 valence electrons. The van der Waals surface area contributed by atoms with E-state index in [2.05, 4.69) is 26.7 Å². The first-order valence-electron chi connectivity index (χ1n) is 14.0. The van der Waals surface area contributed by atoms with Crippen LogP contribution in [0.25, 0.3) is 16.6 Å². The average Bonchev–Trinajstić information content (AvgIpc) is 3.71. The number of piperidine rings is 1. The van der Waals surface area contributed by atoms with Crippen molar-refractivity contribution in [1.29, 1.82) is 0 Å². The van der Waals surface area contributed by atoms with Crippen molar-refractivity contribution in [2.24, 2.45) is 0 Å². The quantitative estimate of drug-likeness (QED) is 0.260. The minimum Gasteiger partial charge on any atom is -0.374 e. The third kappa shape index (κ3) is 5.80. The van der Waals surface area contributed by atoms with Gasteiger partial charge in [-0.05, 0) is 98.5 Å². The number of carbonyl (C=O) groups is 2. The van der Waals surface area contributed by atoms with Crippen molar-refractivity contribution in [2.75, 3.05) is 29.9 Å². The first-order valence-corrected chi connectivity index (χ1v) is 14.0. The Labute approximate surface area is 234 Å². The van der Waals surface area contributed by atoms with E-state index in [-0.39, 0.29) is 11.8 Å². The van der Waals surface area contributed by atoms with Gasteiger partial charge in [-0.25, -0.2) is 0 Å². The monoisotopic (exact) mass is 534 g/mol. The fourth-order valence-corrected chi connectivity index (χ4v) is 5.23. The summed E-state index contributed by atoms with van der Waals surface area (Å²) in [7, 11) is 0. The van der Waals surface area contributed by atoms with E-state index in [0.29, 0.717) is 29.9 Å². The van der Waals surface area contributed by atoms with E-state index >= 15 is 0 Å². The van der Waals surface area contributed by atoms with Crippen LogP contribution in [0.4, 0.5) is 11.4 Å². The second kappa shape index (κ2) is 11.4. The van der Waals surface area contributed by atoms with Crippen LogP contribution in [0.3, 0.4) is 0 Å². The highest BCUT2D eigenvalue weighted by Crippen LogP contribution is 2.26. The molecule has 0 unspecified atom stereocenters. The van der Waals surface area contributed by atoms with Gasteiger partial charge in [-0.15, -0.1) is 6.58 Å². The van der Waals surface area contributed by atoms with E-state index in [1.54, 1.807) is 6.08 Å². The lowest BCUT2D eigenvalue weighted by Crippen LogP contribution is -2.37. The van der Waals surface area contributed by atoms with Gasteiger partial charge < -0.3 is 24.8 Å². The molecule has 7 nitrogen and oxygen atoms in total. The van der Waals surface area contributed by atoms with Gasteiger partial charge in [-0.1, -0.05) is 6.08 Å². The highest BCUT2D eigenvalue weighted by atomic mass is 16.5. The molecule has 0 atom stereocenters. The van der Waals surface area contributed by atoms with E-state index in [4.69, 9.17) is 4.74 Å². The molecular weight excluding hydrogens is 500 g/mol. The summed E-state index contributed by atoms with van der Waals surface area (Å²) in [4.78, 5) is 27.6. The number of nitrogens with one attached hydrogen (secondary N) is 2. The number of rotatable bonds is 9. The predicted octanol–water partition coefficient (Wildman–Crippen LogP) is 5.95. The zero-order valence-electron chi connectivity index (χ0n) is 22.5. The van der Waals surface area contributed by atoms with Crippen LogP contribution in [0.5, 0.6) is 0 Å². The molecule has 7 heteroatoms. The second-order valence-corrected chi connectivity index (χ2v) is 10.6. The third-order valence-electron chi connectivity index (χ3n) is 7.65. The number of aromatic nitrogens is 1. The molecule has 1 aliphatic carbocycles. The van der Waals surface area contributed by atoms with Crippen molar-refractivity contribution in [3.05, 3.63) is 103 Å². The number of amides is 2. The van der Waals surface area contributed by atoms with E-state index < -0.39 is 0 Å². The summed E-state index contributed by atoms with van der Waals surface area (Å²) in [5.74, 6) is -0.155. The normalized spacial score (nSPS) is 15.7. The Hall–Kier alpha value is -4.36. The molecule has 40 heavy (non-hydrogen) atoms. The van der Waals surface area contributed by atoms with Crippen molar-refractivity contribution in [3.8, 4) is 5.69 Å². The third-order valence-corrected chi connectivity index (χ3v) is 7.65. The maximum absolute atomic E-state index is 13.0. The Kier molecular flexibility index (Phi) is 7.38. The van der Waals surface area contributed by atoms with E-state index in [1.165, 1.54) is 0 Å². The molecule has 0 spiro atoms. The molecule has 3 aromatic carbocycles. The van der Waals surface area contributed by atoms with Crippen molar-refractivity contribution in [1.82, 2.24) is 9.88 Å². The summed E-state index contributed by atoms with van der Waals surface area (Å²) in [6.45, 7) is 6.19. The van der Waals surface area contributed by atoms with Gasteiger partial charge in [0.25, 0.3) is 11.8 Å². The van der Waals surface area contributed by atoms with Crippen LogP contribution in [0.2, 0.25) is 0 Å². The number of carbonyl (C=O) groups excluding carboxylic acids is 2. The van der Waals surface area contributed by atoms with Gasteiger partial charge in [0.2, 0.25) is 0 Å². The number of anilines is 2. The van der Waals surface area contributed by atoms with Crippen LogP contribution in [0.1, 0.15) is 46.4 Å². The van der Waals surface area contributed by atoms with Crippen molar-refractivity contribution < 1.29 is 14.3 Å². The molecule has 2 fully saturated rings. The molecule has 1 saturated heterocycles. The Bertz CT molecular complexity index is 1510. The lowest BCUT2D eigenvalue weighted by molar-refractivity contribution is 0.0563. The molecule has 1 aliphatic heterocycles. The molecule has 2 heterocycles. The minimum absolute atomic E-state index is 0.0175. The van der Waals surface area contributed by atoms with E-state index in [9.17, 15) is 9.59 Å². The largest absolute Gasteiger partial charge is 0.374 e. The fourth-order valence-electron chi connectivity index (χ4n) is 5.23. The summed E-state index contributed by atoms with van der Waals surface area (Å²) in [5, 5.41) is 7.07. The van der Waals surface area contributed by atoms with Crippen LogP contribution in [-0.4, -0.2) is 48.2 Å². The smallest absolute Gasteiger partial charge is 0.255 e. The maximum Gasteiger partial charge on any atom is 0.255 e. The number of nitrogens with zero attached hydrogens (tertiary/aromatic N) is 2. The molecule has 0 bridgehead atoms. The minimum atomic E-state index is -0.137. The zero-order chi connectivity index (χ0) is 27.5. The molecular formula is C33H34N4O3. The van der Waals surface area contributed by atoms with E-state index in [0.717, 1.165) is 66.7 Å². The summed E-state index contributed by atoms with van der Waals surface area (Å²) in [5.41, 5.74) is 5.16. The summed E-state index contributed by atoms with van der Waals surface area (Å²) < 4.78 is 7.87. The Morgan fingerprint density at radius 2 is 1.52 bits per heavy atom. The standard InChI is InChI=1S/C33H34N4O3/c1-2-21-40-30-16-18-36(19-17-30)28-10-3-23(4-11-28)33(39)35-27-9-14-31-25(22-27)15-20-37(31)29-12-5-24(6-13-29)32(38)34-26-7-8-26/h2-6,9-15,20,22,26,30H,1,7-8,16-19,21H2,(H,34,38)(H,35,39). The van der Waals surface area contributed by atoms with Gasteiger partial charge in [0.1, 0.15) is 0 Å². The molecule has 2 aliphatic rings. The molecule has 1 saturated carbocycles. The number of fused-ring (bicyclic) bond motifs is 1. The van der Waals surface area contributed by atoms with E-state index in [1.807, 2.05) is 79.0 Å². The molecule has 2 amide bonds. The first-order chi connectivity index (χ1) is 19.6. The Morgan fingerprint density at radius 1 is 0.850 bits per heavy atom. The highest BCUT2D eigenvalue weighted by Gasteiger charge is 2.24. The topological polar surface area (TPSA) is 75.6 Å². The predicted molar refractivity (Wildman–Crippen MR) is 160 cm³/mol. The number of ether oxygens (including phenoxy) is 1. The number of hydrogen-bond acceptors (Lipinski definition) is 4. The summed E-state index contributed by atoms with van der Waals surface area (Å²) in [6, 6.07) is 23.7. The fraction of sp³-hybridized carbons (Fsp3) is 0.273. The van der Waals surface area contributed by atoms with Crippen molar-refractivity contribution in [2.45, 2.75) is 37.8 Å². The zero-order valence-corrected chi connectivity index (χ0v) is 22.5. The molecule has 4 aromatic rings. The van der Waals surface area contributed by atoms with Crippen LogP contribution in [0, 0.1) is 0 Å². The number of hydrogen-bond donors (Lipinski definition) is 2. The van der Waals surface area contributed by atoms with Crippen molar-refractivity contribution >= 4 is 34.1 Å². The maximum atomic E-state index is 13.0. The lowest BCUT2D eigenvalue weighted by Gasteiger charge is -2.33. The average molecular weight is 535 g/mol. The van der Waals surface area contributed by atoms with Crippen molar-refractivity contribution in [3.63, 3.8) is 0 Å². The molecule has 2 N–H and O–H groups in total. The highest BCUT2D eigenvalue weighted by molar-refractivity contribution is 6.05. The van der Waals surface area contributed by atoms with Gasteiger partial charge in [0.05, 0.1) is 18.2 Å². The Balaban J connectivity index is 1.08. The van der Waals surface area contributed by atoms with Gasteiger partial charge in [0.15, 0.2) is 0 Å².